The number of hydrogen-bond donors (Lipinski definition) is 1. The van der Waals surface area contributed by atoms with Gasteiger partial charge in [0.05, 0.1) is 6.04 Å². The van der Waals surface area contributed by atoms with E-state index in [4.69, 9.17) is 5.73 Å². The molecule has 2 aromatic rings. The van der Waals surface area contributed by atoms with E-state index in [0.717, 1.165) is 29.5 Å². The fourth-order valence-corrected chi connectivity index (χ4v) is 2.36. The van der Waals surface area contributed by atoms with E-state index in [0.29, 0.717) is 0 Å². The zero-order valence-corrected chi connectivity index (χ0v) is 11.5. The molecule has 0 saturated carbocycles. The van der Waals surface area contributed by atoms with Gasteiger partial charge < -0.3 is 5.73 Å². The number of nitrogens with two attached hydrogens (primary N) is 1. The number of halogens is 1. The lowest BCUT2D eigenvalue weighted by Gasteiger charge is -2.16. The molecule has 2 N–H and O–H groups in total. The highest BCUT2D eigenvalue weighted by atomic mass is 19.1. The van der Waals surface area contributed by atoms with Crippen LogP contribution in [0.25, 0.3) is 0 Å². The van der Waals surface area contributed by atoms with Gasteiger partial charge in [0.15, 0.2) is 0 Å². The second-order valence-corrected chi connectivity index (χ2v) is 4.97. The molecule has 2 aromatic carbocycles. The van der Waals surface area contributed by atoms with E-state index >= 15 is 0 Å². The van der Waals surface area contributed by atoms with Gasteiger partial charge in [-0.25, -0.2) is 4.39 Å². The van der Waals surface area contributed by atoms with Gasteiger partial charge in [-0.1, -0.05) is 43.7 Å². The van der Waals surface area contributed by atoms with Gasteiger partial charge in [0.25, 0.3) is 0 Å². The summed E-state index contributed by atoms with van der Waals surface area (Å²) in [5, 5.41) is 0. The quantitative estimate of drug-likeness (QED) is 0.875. The van der Waals surface area contributed by atoms with E-state index in [2.05, 4.69) is 19.1 Å². The van der Waals surface area contributed by atoms with Gasteiger partial charge in [-0.05, 0) is 47.7 Å². The maximum Gasteiger partial charge on any atom is 0.123 e. The molecule has 19 heavy (non-hydrogen) atoms. The first-order valence-electron chi connectivity index (χ1n) is 6.72. The number of rotatable bonds is 4. The Balaban J connectivity index is 2.35. The minimum absolute atomic E-state index is 0.235. The molecule has 0 aliphatic heterocycles. The van der Waals surface area contributed by atoms with E-state index in [9.17, 15) is 4.39 Å². The van der Waals surface area contributed by atoms with Crippen molar-refractivity contribution in [1.29, 1.82) is 0 Å². The molecule has 0 radical (unpaired) electrons. The van der Waals surface area contributed by atoms with E-state index < -0.39 is 0 Å². The summed E-state index contributed by atoms with van der Waals surface area (Å²) in [6.07, 6.45) is 2.15. The van der Waals surface area contributed by atoms with Crippen LogP contribution in [0.5, 0.6) is 0 Å². The van der Waals surface area contributed by atoms with Crippen molar-refractivity contribution < 1.29 is 4.39 Å². The maximum absolute atomic E-state index is 13.4. The lowest BCUT2D eigenvalue weighted by atomic mass is 9.94. The third-order valence-electron chi connectivity index (χ3n) is 3.43. The molecule has 100 valence electrons. The van der Waals surface area contributed by atoms with Crippen LogP contribution in [-0.4, -0.2) is 0 Å². The number of hydrogen-bond acceptors (Lipinski definition) is 1. The molecule has 0 saturated heterocycles. The van der Waals surface area contributed by atoms with E-state index in [1.54, 1.807) is 6.07 Å². The highest BCUT2D eigenvalue weighted by Gasteiger charge is 2.12. The summed E-state index contributed by atoms with van der Waals surface area (Å²) in [5.41, 5.74) is 10.5. The van der Waals surface area contributed by atoms with Crippen LogP contribution in [0.3, 0.4) is 0 Å². The fraction of sp³-hybridized carbons (Fsp3) is 0.294. The number of aryl methyl sites for hydroxylation is 2. The first kappa shape index (κ1) is 13.8. The van der Waals surface area contributed by atoms with Crippen molar-refractivity contribution in [3.8, 4) is 0 Å². The molecule has 2 heteroatoms. The van der Waals surface area contributed by atoms with Crippen molar-refractivity contribution in [3.05, 3.63) is 70.5 Å². The van der Waals surface area contributed by atoms with Crippen molar-refractivity contribution in [2.45, 2.75) is 32.7 Å². The summed E-state index contributed by atoms with van der Waals surface area (Å²) in [7, 11) is 0. The molecule has 0 heterocycles. The van der Waals surface area contributed by atoms with E-state index in [1.165, 1.54) is 17.7 Å². The average Bonchev–Trinajstić information content (AvgIpc) is 2.41. The fourth-order valence-electron chi connectivity index (χ4n) is 2.36. The van der Waals surface area contributed by atoms with Gasteiger partial charge in [0.1, 0.15) is 5.82 Å². The summed E-state index contributed by atoms with van der Waals surface area (Å²) >= 11 is 0. The topological polar surface area (TPSA) is 26.0 Å². The molecule has 2 rings (SSSR count). The van der Waals surface area contributed by atoms with Gasteiger partial charge in [-0.2, -0.15) is 0 Å². The van der Waals surface area contributed by atoms with Crippen LogP contribution in [0.1, 0.15) is 41.6 Å². The molecule has 0 fully saturated rings. The second-order valence-electron chi connectivity index (χ2n) is 4.97. The Bertz CT molecular complexity index is 563. The highest BCUT2D eigenvalue weighted by molar-refractivity contribution is 5.38. The van der Waals surface area contributed by atoms with Gasteiger partial charge in [-0.3, -0.25) is 0 Å². The molecular formula is C17H20FN. The molecule has 0 spiro atoms. The first-order valence-corrected chi connectivity index (χ1v) is 6.72. The minimum Gasteiger partial charge on any atom is -0.320 e. The van der Waals surface area contributed by atoms with Gasteiger partial charge in [0, 0.05) is 0 Å². The lowest BCUT2D eigenvalue weighted by molar-refractivity contribution is 0.622. The molecule has 1 nitrogen and oxygen atoms in total. The molecule has 1 unspecified atom stereocenters. The first-order chi connectivity index (χ1) is 9.11. The van der Waals surface area contributed by atoms with Crippen LogP contribution in [0.15, 0.2) is 42.5 Å². The highest BCUT2D eigenvalue weighted by Crippen LogP contribution is 2.24. The SMILES string of the molecule is CCCc1cccc(C(N)c2cc(F)ccc2C)c1. The standard InChI is InChI=1S/C17H20FN/c1-3-5-13-6-4-7-14(10-13)17(19)16-11-15(18)9-8-12(16)2/h4,6-11,17H,3,5,19H2,1-2H3. The lowest BCUT2D eigenvalue weighted by Crippen LogP contribution is -2.13. The monoisotopic (exact) mass is 257 g/mol. The molecule has 0 amide bonds. The van der Waals surface area contributed by atoms with Gasteiger partial charge in [-0.15, -0.1) is 0 Å². The van der Waals surface area contributed by atoms with Gasteiger partial charge in [0.2, 0.25) is 0 Å². The third-order valence-corrected chi connectivity index (χ3v) is 3.43. The molecular weight excluding hydrogens is 237 g/mol. The molecule has 0 aromatic heterocycles. The van der Waals surface area contributed by atoms with E-state index in [-0.39, 0.29) is 11.9 Å². The Hall–Kier alpha value is -1.67. The average molecular weight is 257 g/mol. The predicted molar refractivity (Wildman–Crippen MR) is 77.6 cm³/mol. The van der Waals surface area contributed by atoms with Crippen LogP contribution in [0.4, 0.5) is 4.39 Å². The van der Waals surface area contributed by atoms with Crippen molar-refractivity contribution >= 4 is 0 Å². The minimum atomic E-state index is -0.271. The van der Waals surface area contributed by atoms with Crippen LogP contribution >= 0.6 is 0 Å². The van der Waals surface area contributed by atoms with E-state index in [1.807, 2.05) is 19.1 Å². The summed E-state index contributed by atoms with van der Waals surface area (Å²) in [4.78, 5) is 0. The largest absolute Gasteiger partial charge is 0.320 e. The zero-order valence-electron chi connectivity index (χ0n) is 11.5. The van der Waals surface area contributed by atoms with Crippen molar-refractivity contribution in [2.24, 2.45) is 5.73 Å². The summed E-state index contributed by atoms with van der Waals surface area (Å²) < 4.78 is 13.4. The smallest absolute Gasteiger partial charge is 0.123 e. The van der Waals surface area contributed by atoms with Crippen molar-refractivity contribution in [3.63, 3.8) is 0 Å². The molecule has 0 bridgehead atoms. The normalized spacial score (nSPS) is 12.4. The van der Waals surface area contributed by atoms with Crippen LogP contribution in [-0.2, 0) is 6.42 Å². The predicted octanol–water partition coefficient (Wildman–Crippen LogP) is 4.13. The summed E-state index contributed by atoms with van der Waals surface area (Å²) in [6.45, 7) is 4.12. The Morgan fingerprint density at radius 3 is 2.68 bits per heavy atom. The summed E-state index contributed by atoms with van der Waals surface area (Å²) in [6, 6.07) is 12.8. The Morgan fingerprint density at radius 1 is 1.16 bits per heavy atom. The molecule has 0 aliphatic rings. The van der Waals surface area contributed by atoms with Gasteiger partial charge >= 0.3 is 0 Å². The van der Waals surface area contributed by atoms with Crippen molar-refractivity contribution in [1.82, 2.24) is 0 Å². The molecule has 1 atom stereocenters. The Labute approximate surface area is 114 Å². The second kappa shape index (κ2) is 5.98. The third kappa shape index (κ3) is 3.21. The molecule has 0 aliphatic carbocycles. The van der Waals surface area contributed by atoms with Crippen LogP contribution in [0, 0.1) is 12.7 Å². The maximum atomic E-state index is 13.4. The zero-order chi connectivity index (χ0) is 13.8. The number of benzene rings is 2. The Morgan fingerprint density at radius 2 is 1.95 bits per heavy atom. The van der Waals surface area contributed by atoms with Crippen LogP contribution < -0.4 is 5.73 Å². The Kier molecular flexibility index (Phi) is 4.33. The van der Waals surface area contributed by atoms with Crippen molar-refractivity contribution in [2.75, 3.05) is 0 Å². The van der Waals surface area contributed by atoms with Crippen LogP contribution in [0.2, 0.25) is 0 Å². The summed E-state index contributed by atoms with van der Waals surface area (Å²) in [5.74, 6) is -0.235.